The Bertz CT molecular complexity index is 646. The molecule has 0 aliphatic carbocycles. The van der Waals surface area contributed by atoms with Gasteiger partial charge in [0.25, 0.3) is 0 Å². The molecule has 3 aromatic rings. The standard InChI is InChI=1S/C9H8N8/c10-9-16-7-6(13-4-14-7)8(17-9)15-5-1-11-3-12-2-5/h1-4H,(H4,10,13,14,15,16,17). The average molecular weight is 228 g/mol. The SMILES string of the molecule is Nc1nc(Nc2cncnc2)c2[nH]cnc2n1. The van der Waals surface area contributed by atoms with Crippen molar-refractivity contribution in [1.82, 2.24) is 29.9 Å². The molecule has 0 saturated heterocycles. The van der Waals surface area contributed by atoms with E-state index in [1.165, 1.54) is 12.7 Å². The minimum atomic E-state index is 0.156. The van der Waals surface area contributed by atoms with Gasteiger partial charge in [0.1, 0.15) is 11.8 Å². The lowest BCUT2D eigenvalue weighted by molar-refractivity contribution is 1.16. The lowest BCUT2D eigenvalue weighted by Gasteiger charge is -2.05. The molecule has 4 N–H and O–H groups in total. The molecule has 0 bridgehead atoms. The minimum Gasteiger partial charge on any atom is -0.368 e. The second-order valence-corrected chi connectivity index (χ2v) is 3.28. The second-order valence-electron chi connectivity index (χ2n) is 3.28. The van der Waals surface area contributed by atoms with Gasteiger partial charge in [0.2, 0.25) is 5.95 Å². The highest BCUT2D eigenvalue weighted by atomic mass is 15.1. The summed E-state index contributed by atoms with van der Waals surface area (Å²) < 4.78 is 0. The second kappa shape index (κ2) is 3.67. The van der Waals surface area contributed by atoms with Crippen LogP contribution in [0.1, 0.15) is 0 Å². The summed E-state index contributed by atoms with van der Waals surface area (Å²) in [4.78, 5) is 22.8. The number of hydrogen-bond acceptors (Lipinski definition) is 7. The molecule has 0 fully saturated rings. The molecule has 8 heteroatoms. The third-order valence-corrected chi connectivity index (χ3v) is 2.13. The third-order valence-electron chi connectivity index (χ3n) is 2.13. The van der Waals surface area contributed by atoms with Crippen LogP contribution in [0.15, 0.2) is 25.0 Å². The van der Waals surface area contributed by atoms with Crippen molar-refractivity contribution in [1.29, 1.82) is 0 Å². The van der Waals surface area contributed by atoms with Crippen molar-refractivity contribution < 1.29 is 0 Å². The van der Waals surface area contributed by atoms with E-state index in [1.54, 1.807) is 12.4 Å². The van der Waals surface area contributed by atoms with E-state index in [0.717, 1.165) is 0 Å². The first-order chi connectivity index (χ1) is 8.33. The Morgan fingerprint density at radius 2 is 2.00 bits per heavy atom. The lowest BCUT2D eigenvalue weighted by atomic mass is 10.4. The highest BCUT2D eigenvalue weighted by Gasteiger charge is 2.08. The van der Waals surface area contributed by atoms with Crippen molar-refractivity contribution in [2.24, 2.45) is 0 Å². The molecule has 0 aliphatic heterocycles. The maximum Gasteiger partial charge on any atom is 0.224 e. The summed E-state index contributed by atoms with van der Waals surface area (Å²) in [6.07, 6.45) is 6.25. The molecule has 0 radical (unpaired) electrons. The number of hydrogen-bond donors (Lipinski definition) is 3. The normalized spacial score (nSPS) is 10.6. The molecular weight excluding hydrogens is 220 g/mol. The smallest absolute Gasteiger partial charge is 0.224 e. The van der Waals surface area contributed by atoms with Gasteiger partial charge >= 0.3 is 0 Å². The van der Waals surface area contributed by atoms with Gasteiger partial charge < -0.3 is 16.0 Å². The highest BCUT2D eigenvalue weighted by molar-refractivity contribution is 5.85. The summed E-state index contributed by atoms with van der Waals surface area (Å²) in [6, 6.07) is 0. The van der Waals surface area contributed by atoms with Crippen molar-refractivity contribution in [2.75, 3.05) is 11.1 Å². The number of nitrogen functional groups attached to an aromatic ring is 1. The number of nitrogens with one attached hydrogen (secondary N) is 2. The monoisotopic (exact) mass is 228 g/mol. The lowest BCUT2D eigenvalue weighted by Crippen LogP contribution is -2.01. The number of anilines is 3. The van der Waals surface area contributed by atoms with E-state index in [2.05, 4.69) is 35.2 Å². The van der Waals surface area contributed by atoms with Gasteiger partial charge in [0.15, 0.2) is 11.5 Å². The van der Waals surface area contributed by atoms with Crippen molar-refractivity contribution >= 4 is 28.6 Å². The van der Waals surface area contributed by atoms with Gasteiger partial charge in [0.05, 0.1) is 24.4 Å². The molecule has 3 rings (SSSR count). The summed E-state index contributed by atoms with van der Waals surface area (Å²) >= 11 is 0. The van der Waals surface area contributed by atoms with Gasteiger partial charge in [-0.05, 0) is 0 Å². The minimum absolute atomic E-state index is 0.156. The first-order valence-electron chi connectivity index (χ1n) is 4.81. The molecule has 84 valence electrons. The van der Waals surface area contributed by atoms with Gasteiger partial charge in [-0.25, -0.2) is 15.0 Å². The fourth-order valence-corrected chi connectivity index (χ4v) is 1.44. The van der Waals surface area contributed by atoms with E-state index in [-0.39, 0.29) is 5.95 Å². The molecule has 3 aromatic heterocycles. The Labute approximate surface area is 95.4 Å². The van der Waals surface area contributed by atoms with Crippen LogP contribution < -0.4 is 11.1 Å². The van der Waals surface area contributed by atoms with E-state index in [0.29, 0.717) is 22.7 Å². The molecule has 0 aliphatic rings. The van der Waals surface area contributed by atoms with Gasteiger partial charge in [-0.1, -0.05) is 0 Å². The molecule has 0 unspecified atom stereocenters. The average Bonchev–Trinajstić information content (AvgIpc) is 2.78. The van der Waals surface area contributed by atoms with Gasteiger partial charge in [-0.15, -0.1) is 0 Å². The molecule has 8 nitrogen and oxygen atoms in total. The van der Waals surface area contributed by atoms with Gasteiger partial charge in [-0.3, -0.25) is 0 Å². The molecular formula is C9H8N8. The van der Waals surface area contributed by atoms with Crippen LogP contribution in [0.25, 0.3) is 11.2 Å². The molecule has 0 amide bonds. The molecule has 0 spiro atoms. The number of H-pyrrole nitrogens is 1. The molecule has 0 atom stereocenters. The molecule has 0 aromatic carbocycles. The zero-order chi connectivity index (χ0) is 11.7. The zero-order valence-electron chi connectivity index (χ0n) is 8.62. The summed E-state index contributed by atoms with van der Waals surface area (Å²) in [5, 5.41) is 3.05. The Balaban J connectivity index is 2.08. The first-order valence-corrected chi connectivity index (χ1v) is 4.81. The van der Waals surface area contributed by atoms with Crippen LogP contribution in [-0.4, -0.2) is 29.9 Å². The fourth-order valence-electron chi connectivity index (χ4n) is 1.44. The van der Waals surface area contributed by atoms with Crippen LogP contribution in [0.3, 0.4) is 0 Å². The molecule has 3 heterocycles. The highest BCUT2D eigenvalue weighted by Crippen LogP contribution is 2.20. The Morgan fingerprint density at radius 3 is 2.82 bits per heavy atom. The summed E-state index contributed by atoms with van der Waals surface area (Å²) in [5.74, 6) is 0.698. The third kappa shape index (κ3) is 1.71. The maximum atomic E-state index is 5.59. The number of nitrogens with two attached hydrogens (primary N) is 1. The number of imidazole rings is 1. The Morgan fingerprint density at radius 1 is 1.18 bits per heavy atom. The van der Waals surface area contributed by atoms with Gasteiger partial charge in [-0.2, -0.15) is 9.97 Å². The number of fused-ring (bicyclic) bond motifs is 1. The van der Waals surface area contributed by atoms with Crippen LogP contribution in [-0.2, 0) is 0 Å². The fraction of sp³-hybridized carbons (Fsp3) is 0. The maximum absolute atomic E-state index is 5.59. The van der Waals surface area contributed by atoms with Crippen LogP contribution >= 0.6 is 0 Å². The number of aromatic amines is 1. The predicted molar refractivity (Wildman–Crippen MR) is 61.4 cm³/mol. The largest absolute Gasteiger partial charge is 0.368 e. The van der Waals surface area contributed by atoms with Crippen LogP contribution in [0.4, 0.5) is 17.5 Å². The first kappa shape index (κ1) is 9.46. The predicted octanol–water partition coefficient (Wildman–Crippen LogP) is 0.469. The molecule has 0 saturated carbocycles. The summed E-state index contributed by atoms with van der Waals surface area (Å²) in [7, 11) is 0. The topological polar surface area (TPSA) is 118 Å². The van der Waals surface area contributed by atoms with Crippen LogP contribution in [0.5, 0.6) is 0 Å². The summed E-state index contributed by atoms with van der Waals surface area (Å²) in [5.41, 5.74) is 7.49. The van der Waals surface area contributed by atoms with Crippen molar-refractivity contribution in [3.8, 4) is 0 Å². The van der Waals surface area contributed by atoms with Crippen LogP contribution in [0, 0.1) is 0 Å². The van der Waals surface area contributed by atoms with E-state index >= 15 is 0 Å². The number of rotatable bonds is 2. The van der Waals surface area contributed by atoms with Crippen molar-refractivity contribution in [3.05, 3.63) is 25.0 Å². The zero-order valence-corrected chi connectivity index (χ0v) is 8.62. The number of nitrogens with zero attached hydrogens (tertiary/aromatic N) is 5. The van der Waals surface area contributed by atoms with Gasteiger partial charge in [0, 0.05) is 0 Å². The van der Waals surface area contributed by atoms with E-state index < -0.39 is 0 Å². The Kier molecular flexibility index (Phi) is 2.04. The van der Waals surface area contributed by atoms with Crippen molar-refractivity contribution in [2.45, 2.75) is 0 Å². The quantitative estimate of drug-likeness (QED) is 0.583. The molecule has 17 heavy (non-hydrogen) atoms. The van der Waals surface area contributed by atoms with E-state index in [4.69, 9.17) is 5.73 Å². The van der Waals surface area contributed by atoms with E-state index in [1.807, 2.05) is 0 Å². The van der Waals surface area contributed by atoms with Crippen molar-refractivity contribution in [3.63, 3.8) is 0 Å². The van der Waals surface area contributed by atoms with E-state index in [9.17, 15) is 0 Å². The number of aromatic nitrogens is 6. The van der Waals surface area contributed by atoms with Crippen LogP contribution in [0.2, 0.25) is 0 Å². The Hall–Kier alpha value is -2.77. The summed E-state index contributed by atoms with van der Waals surface area (Å²) in [6.45, 7) is 0.